The van der Waals surface area contributed by atoms with Crippen molar-refractivity contribution in [2.75, 3.05) is 13.1 Å². The van der Waals surface area contributed by atoms with E-state index >= 15 is 0 Å². The van der Waals surface area contributed by atoms with Crippen molar-refractivity contribution >= 4 is 41.0 Å². The molecule has 2 heterocycles. The van der Waals surface area contributed by atoms with Crippen molar-refractivity contribution in [1.82, 2.24) is 15.5 Å². The predicted molar refractivity (Wildman–Crippen MR) is 156 cm³/mol. The van der Waals surface area contributed by atoms with Crippen LogP contribution in [0.4, 0.5) is 0 Å². The summed E-state index contributed by atoms with van der Waals surface area (Å²) in [6.45, 7) is 1.22. The van der Waals surface area contributed by atoms with E-state index in [1.807, 2.05) is 24.3 Å². The quantitative estimate of drug-likeness (QED) is 0.393. The lowest BCUT2D eigenvalue weighted by atomic mass is 9.65. The topological polar surface area (TPSA) is 98.7 Å². The summed E-state index contributed by atoms with van der Waals surface area (Å²) in [6.07, 6.45) is 4.92. The first-order chi connectivity index (χ1) is 19.3. The smallest absolute Gasteiger partial charge is 0.303 e. The third-order valence-electron chi connectivity index (χ3n) is 8.99. The lowest BCUT2D eigenvalue weighted by Crippen LogP contribution is -2.60. The molecule has 9 heteroatoms. The van der Waals surface area contributed by atoms with Gasteiger partial charge in [-0.15, -0.1) is 0 Å². The van der Waals surface area contributed by atoms with Gasteiger partial charge in [-0.05, 0) is 79.3 Å². The molecule has 5 rings (SSSR count). The number of nitrogens with zero attached hydrogens (tertiary/aromatic N) is 1. The lowest BCUT2D eigenvalue weighted by molar-refractivity contribution is -0.141. The number of fused-ring (bicyclic) bond motifs is 1. The largest absolute Gasteiger partial charge is 0.481 e. The molecule has 3 aliphatic rings. The number of halogens is 2. The molecule has 40 heavy (non-hydrogen) atoms. The highest BCUT2D eigenvalue weighted by Gasteiger charge is 2.43. The minimum Gasteiger partial charge on any atom is -0.481 e. The number of aliphatic carboxylic acids is 1. The van der Waals surface area contributed by atoms with E-state index in [2.05, 4.69) is 34.9 Å². The number of hydrogen-bond acceptors (Lipinski definition) is 4. The Balaban J connectivity index is 1.28. The molecule has 3 fully saturated rings. The van der Waals surface area contributed by atoms with Crippen LogP contribution in [0.3, 0.4) is 0 Å². The zero-order valence-electron chi connectivity index (χ0n) is 22.5. The number of carbonyl (C=O) groups is 3. The molecule has 214 valence electrons. The SMILES string of the molecule is O=C(O)CCC(=O)N1CCC(NC2CC(=O)NC3CCC(C(c4ccc(Cl)cc4)c4ccc(Cl)cc4)CC32)CC1. The van der Waals surface area contributed by atoms with Gasteiger partial charge in [-0.25, -0.2) is 0 Å². The van der Waals surface area contributed by atoms with Gasteiger partial charge in [-0.3, -0.25) is 14.4 Å². The van der Waals surface area contributed by atoms with Gasteiger partial charge >= 0.3 is 5.97 Å². The van der Waals surface area contributed by atoms with Crippen LogP contribution < -0.4 is 10.6 Å². The molecular weight excluding hydrogens is 549 g/mol. The maximum Gasteiger partial charge on any atom is 0.303 e. The van der Waals surface area contributed by atoms with Crippen LogP contribution in [-0.4, -0.2) is 59.0 Å². The first-order valence-corrected chi connectivity index (χ1v) is 15.1. The Labute approximate surface area is 245 Å². The van der Waals surface area contributed by atoms with Crippen LogP contribution in [0.2, 0.25) is 10.0 Å². The second kappa shape index (κ2) is 12.9. The summed E-state index contributed by atoms with van der Waals surface area (Å²) in [7, 11) is 0. The van der Waals surface area contributed by atoms with Crippen LogP contribution in [0, 0.1) is 11.8 Å². The summed E-state index contributed by atoms with van der Waals surface area (Å²) in [5.41, 5.74) is 2.47. The summed E-state index contributed by atoms with van der Waals surface area (Å²) >= 11 is 12.5. The average Bonchev–Trinajstić information content (AvgIpc) is 2.94. The number of carbonyl (C=O) groups excluding carboxylic acids is 2. The number of rotatable bonds is 8. The number of carboxylic acids is 1. The molecule has 1 saturated carbocycles. The highest BCUT2D eigenvalue weighted by Crippen LogP contribution is 2.45. The van der Waals surface area contributed by atoms with E-state index in [1.54, 1.807) is 4.90 Å². The second-order valence-electron chi connectivity index (χ2n) is 11.5. The van der Waals surface area contributed by atoms with Crippen molar-refractivity contribution in [2.45, 2.75) is 75.4 Å². The molecule has 3 N–H and O–H groups in total. The van der Waals surface area contributed by atoms with Gasteiger partial charge in [0.2, 0.25) is 11.8 Å². The van der Waals surface area contributed by atoms with Gasteiger partial charge < -0.3 is 20.6 Å². The molecule has 0 bridgehead atoms. The summed E-state index contributed by atoms with van der Waals surface area (Å²) in [5.74, 6) is -0.0247. The molecule has 2 aromatic carbocycles. The van der Waals surface area contributed by atoms with Gasteiger partial charge in [-0.2, -0.15) is 0 Å². The third-order valence-corrected chi connectivity index (χ3v) is 9.49. The molecule has 1 aliphatic carbocycles. The maximum atomic E-state index is 12.7. The summed E-state index contributed by atoms with van der Waals surface area (Å²) in [4.78, 5) is 37.7. The van der Waals surface area contributed by atoms with E-state index in [9.17, 15) is 14.4 Å². The van der Waals surface area contributed by atoms with Crippen LogP contribution in [-0.2, 0) is 14.4 Å². The Morgan fingerprint density at radius 3 is 2.10 bits per heavy atom. The summed E-state index contributed by atoms with van der Waals surface area (Å²) < 4.78 is 0. The Bertz CT molecular complexity index is 1150. The molecular formula is C31H37Cl2N3O4. The van der Waals surface area contributed by atoms with E-state index in [0.29, 0.717) is 31.3 Å². The Kier molecular flexibility index (Phi) is 9.34. The molecule has 2 saturated heterocycles. The summed E-state index contributed by atoms with van der Waals surface area (Å²) in [6, 6.07) is 16.8. The van der Waals surface area contributed by atoms with Gasteiger partial charge in [-0.1, -0.05) is 47.5 Å². The zero-order valence-corrected chi connectivity index (χ0v) is 24.0. The number of nitrogens with one attached hydrogen (secondary N) is 2. The minimum atomic E-state index is -0.949. The number of piperidine rings is 2. The van der Waals surface area contributed by atoms with Crippen LogP contribution in [0.15, 0.2) is 48.5 Å². The van der Waals surface area contributed by atoms with Gasteiger partial charge in [0.25, 0.3) is 0 Å². The molecule has 2 aliphatic heterocycles. The normalized spacial score (nSPS) is 25.4. The van der Waals surface area contributed by atoms with Crippen LogP contribution in [0.1, 0.15) is 68.4 Å². The Morgan fingerprint density at radius 1 is 0.925 bits per heavy atom. The average molecular weight is 587 g/mol. The van der Waals surface area contributed by atoms with Gasteiger partial charge in [0.15, 0.2) is 0 Å². The Hall–Kier alpha value is -2.61. The third kappa shape index (κ3) is 6.99. The van der Waals surface area contributed by atoms with Crippen LogP contribution >= 0.6 is 23.2 Å². The molecule has 0 aromatic heterocycles. The monoisotopic (exact) mass is 585 g/mol. The van der Waals surface area contributed by atoms with Gasteiger partial charge in [0.05, 0.1) is 6.42 Å². The van der Waals surface area contributed by atoms with Crippen molar-refractivity contribution in [3.05, 3.63) is 69.7 Å². The van der Waals surface area contributed by atoms with Crippen molar-refractivity contribution in [2.24, 2.45) is 11.8 Å². The fourth-order valence-electron chi connectivity index (χ4n) is 7.01. The van der Waals surface area contributed by atoms with Crippen molar-refractivity contribution in [3.8, 4) is 0 Å². The van der Waals surface area contributed by atoms with Crippen LogP contribution in [0.25, 0.3) is 0 Å². The molecule has 4 unspecified atom stereocenters. The molecule has 0 spiro atoms. The van der Waals surface area contributed by atoms with Crippen molar-refractivity contribution in [3.63, 3.8) is 0 Å². The predicted octanol–water partition coefficient (Wildman–Crippen LogP) is 5.24. The molecule has 2 aromatic rings. The van der Waals surface area contributed by atoms with E-state index < -0.39 is 5.97 Å². The number of likely N-dealkylation sites (tertiary alicyclic amines) is 1. The number of amides is 2. The van der Waals surface area contributed by atoms with E-state index in [1.165, 1.54) is 11.1 Å². The first-order valence-electron chi connectivity index (χ1n) is 14.3. The van der Waals surface area contributed by atoms with E-state index in [-0.39, 0.29) is 48.7 Å². The fraction of sp³-hybridized carbons (Fsp3) is 0.516. The molecule has 0 radical (unpaired) electrons. The van der Waals surface area contributed by atoms with Gasteiger partial charge in [0, 0.05) is 60.0 Å². The minimum absolute atomic E-state index is 0.0454. The Morgan fingerprint density at radius 2 is 1.52 bits per heavy atom. The van der Waals surface area contributed by atoms with E-state index in [4.69, 9.17) is 28.3 Å². The maximum absolute atomic E-state index is 12.7. The zero-order chi connectivity index (χ0) is 28.2. The number of hydrogen-bond donors (Lipinski definition) is 3. The van der Waals surface area contributed by atoms with E-state index in [0.717, 1.165) is 42.1 Å². The number of carboxylic acid groups (broad SMARTS) is 1. The van der Waals surface area contributed by atoms with Crippen molar-refractivity contribution < 1.29 is 19.5 Å². The second-order valence-corrected chi connectivity index (χ2v) is 12.4. The molecule has 4 atom stereocenters. The number of benzene rings is 2. The summed E-state index contributed by atoms with van der Waals surface area (Å²) in [5, 5.41) is 17.4. The standard InChI is InChI=1S/C31H37Cl2N3O4/c32-22-6-1-19(2-7-22)31(20-3-8-23(33)9-4-20)21-5-10-26-25(17-21)27(18-28(37)35-26)34-24-13-15-36(16-14-24)29(38)11-12-30(39)40/h1-4,6-9,21,24-27,31,34H,5,10-18H2,(H,35,37)(H,39,40). The van der Waals surface area contributed by atoms with Crippen molar-refractivity contribution in [1.29, 1.82) is 0 Å². The lowest BCUT2D eigenvalue weighted by Gasteiger charge is -2.47. The van der Waals surface area contributed by atoms with Crippen LogP contribution in [0.5, 0.6) is 0 Å². The molecule has 2 amide bonds. The molecule has 7 nitrogen and oxygen atoms in total. The highest BCUT2D eigenvalue weighted by atomic mass is 35.5. The fourth-order valence-corrected chi connectivity index (χ4v) is 7.26. The van der Waals surface area contributed by atoms with Gasteiger partial charge in [0.1, 0.15) is 0 Å². The first kappa shape index (κ1) is 28.9. The highest BCUT2D eigenvalue weighted by molar-refractivity contribution is 6.30.